The zero-order chi connectivity index (χ0) is 13.1. The van der Waals surface area contributed by atoms with Gasteiger partial charge in [0.1, 0.15) is 5.75 Å². The number of rotatable bonds is 4. The fraction of sp³-hybridized carbons (Fsp3) is 0.455. The Morgan fingerprint density at radius 1 is 1.24 bits per heavy atom. The second-order valence-corrected chi connectivity index (χ2v) is 3.72. The third-order valence-corrected chi connectivity index (χ3v) is 2.28. The quantitative estimate of drug-likeness (QED) is 0.861. The van der Waals surface area contributed by atoms with Gasteiger partial charge in [-0.05, 0) is 17.7 Å². The van der Waals surface area contributed by atoms with Gasteiger partial charge in [0, 0.05) is 12.5 Å². The Morgan fingerprint density at radius 3 is 2.18 bits per heavy atom. The van der Waals surface area contributed by atoms with Crippen molar-refractivity contribution < 1.29 is 28.1 Å². The maximum absolute atomic E-state index is 11.9. The molecule has 0 heterocycles. The summed E-state index contributed by atoms with van der Waals surface area (Å²) in [6.07, 6.45) is -5.64. The normalized spacial score (nSPS) is 15.4. The molecular formula is C11H13F3O3. The lowest BCUT2D eigenvalue weighted by atomic mass is 9.98. The molecule has 0 saturated heterocycles. The summed E-state index contributed by atoms with van der Waals surface area (Å²) in [6, 6.07) is 4.90. The Labute approximate surface area is 96.5 Å². The van der Waals surface area contributed by atoms with Gasteiger partial charge in [-0.1, -0.05) is 19.1 Å². The van der Waals surface area contributed by atoms with Gasteiger partial charge in [-0.25, -0.2) is 0 Å². The van der Waals surface area contributed by atoms with Crippen LogP contribution in [-0.4, -0.2) is 23.2 Å². The number of hydrogen-bond acceptors (Lipinski definition) is 3. The molecule has 1 aromatic carbocycles. The smallest absolute Gasteiger partial charge is 0.406 e. The molecular weight excluding hydrogens is 237 g/mol. The summed E-state index contributed by atoms with van der Waals surface area (Å²) >= 11 is 0. The molecule has 0 radical (unpaired) electrons. The SMILES string of the molecule is C[C@H](CO)C(O)c1ccc(OC(F)(F)F)cc1. The molecule has 0 spiro atoms. The molecule has 96 valence electrons. The van der Waals surface area contributed by atoms with Crippen molar-refractivity contribution in [2.45, 2.75) is 19.4 Å². The number of aliphatic hydroxyl groups is 2. The average molecular weight is 250 g/mol. The average Bonchev–Trinajstić information content (AvgIpc) is 2.26. The van der Waals surface area contributed by atoms with Crippen molar-refractivity contribution in [1.82, 2.24) is 0 Å². The van der Waals surface area contributed by atoms with Crippen molar-refractivity contribution in [3.8, 4) is 5.75 Å². The molecule has 1 rings (SSSR count). The standard InChI is InChI=1S/C11H13F3O3/c1-7(6-15)10(16)8-2-4-9(5-3-8)17-11(12,13)14/h2-5,7,10,15-16H,6H2,1H3/t7-,10?/m1/s1. The maximum atomic E-state index is 11.9. The number of alkyl halides is 3. The highest BCUT2D eigenvalue weighted by Gasteiger charge is 2.31. The summed E-state index contributed by atoms with van der Waals surface area (Å²) in [5, 5.41) is 18.5. The van der Waals surface area contributed by atoms with E-state index in [1.54, 1.807) is 6.92 Å². The summed E-state index contributed by atoms with van der Waals surface area (Å²) in [5.74, 6) is -0.727. The fourth-order valence-electron chi connectivity index (χ4n) is 1.30. The Bertz CT molecular complexity index is 348. The van der Waals surface area contributed by atoms with Crippen molar-refractivity contribution in [1.29, 1.82) is 0 Å². The van der Waals surface area contributed by atoms with Crippen LogP contribution < -0.4 is 4.74 Å². The van der Waals surface area contributed by atoms with E-state index >= 15 is 0 Å². The largest absolute Gasteiger partial charge is 0.573 e. The number of halogens is 3. The van der Waals surface area contributed by atoms with Crippen LogP contribution in [0.1, 0.15) is 18.6 Å². The van der Waals surface area contributed by atoms with Crippen LogP contribution in [0.25, 0.3) is 0 Å². The minimum atomic E-state index is -4.72. The lowest BCUT2D eigenvalue weighted by molar-refractivity contribution is -0.274. The first-order chi connectivity index (χ1) is 7.83. The molecule has 0 saturated carbocycles. The number of hydrogen-bond donors (Lipinski definition) is 2. The molecule has 1 unspecified atom stereocenters. The fourth-order valence-corrected chi connectivity index (χ4v) is 1.30. The second-order valence-electron chi connectivity index (χ2n) is 3.72. The van der Waals surface area contributed by atoms with Gasteiger partial charge >= 0.3 is 6.36 Å². The molecule has 0 fully saturated rings. The molecule has 0 amide bonds. The molecule has 2 N–H and O–H groups in total. The molecule has 0 aliphatic rings. The highest BCUT2D eigenvalue weighted by molar-refractivity contribution is 5.28. The van der Waals surface area contributed by atoms with Crippen LogP contribution in [0, 0.1) is 5.92 Å². The number of benzene rings is 1. The van der Waals surface area contributed by atoms with E-state index in [1.165, 1.54) is 12.1 Å². The maximum Gasteiger partial charge on any atom is 0.573 e. The molecule has 1 aromatic rings. The van der Waals surface area contributed by atoms with Crippen LogP contribution in [-0.2, 0) is 0 Å². The third kappa shape index (κ3) is 4.24. The monoisotopic (exact) mass is 250 g/mol. The van der Waals surface area contributed by atoms with Gasteiger partial charge in [-0.2, -0.15) is 0 Å². The van der Waals surface area contributed by atoms with E-state index in [2.05, 4.69) is 4.74 Å². The highest BCUT2D eigenvalue weighted by atomic mass is 19.4. The van der Waals surface area contributed by atoms with Crippen LogP contribution in [0.5, 0.6) is 5.75 Å². The minimum Gasteiger partial charge on any atom is -0.406 e. The van der Waals surface area contributed by atoms with Crippen molar-refractivity contribution in [3.05, 3.63) is 29.8 Å². The second kappa shape index (κ2) is 5.37. The predicted molar refractivity (Wildman–Crippen MR) is 54.3 cm³/mol. The Hall–Kier alpha value is -1.27. The van der Waals surface area contributed by atoms with Gasteiger partial charge in [0.2, 0.25) is 0 Å². The van der Waals surface area contributed by atoms with Gasteiger partial charge in [0.05, 0.1) is 6.10 Å². The first kappa shape index (κ1) is 13.8. The van der Waals surface area contributed by atoms with Gasteiger partial charge in [-0.15, -0.1) is 13.2 Å². The lowest BCUT2D eigenvalue weighted by Gasteiger charge is -2.17. The molecule has 0 bridgehead atoms. The van der Waals surface area contributed by atoms with Crippen LogP contribution in [0.2, 0.25) is 0 Å². The van der Waals surface area contributed by atoms with Crippen LogP contribution in [0.15, 0.2) is 24.3 Å². The molecule has 0 aliphatic heterocycles. The van der Waals surface area contributed by atoms with Crippen molar-refractivity contribution >= 4 is 0 Å². The summed E-state index contributed by atoms with van der Waals surface area (Å²) < 4.78 is 39.3. The molecule has 0 aliphatic carbocycles. The molecule has 2 atom stereocenters. The molecule has 3 nitrogen and oxygen atoms in total. The van der Waals surface area contributed by atoms with E-state index < -0.39 is 12.5 Å². The van der Waals surface area contributed by atoms with Gasteiger partial charge in [-0.3, -0.25) is 0 Å². The Morgan fingerprint density at radius 2 is 1.76 bits per heavy atom. The summed E-state index contributed by atoms with van der Waals surface area (Å²) in [6.45, 7) is 1.42. The Balaban J connectivity index is 2.74. The Kier molecular flexibility index (Phi) is 4.36. The van der Waals surface area contributed by atoms with E-state index in [0.29, 0.717) is 5.56 Å². The topological polar surface area (TPSA) is 49.7 Å². The molecule has 0 aromatic heterocycles. The van der Waals surface area contributed by atoms with Crippen LogP contribution in [0.4, 0.5) is 13.2 Å². The van der Waals surface area contributed by atoms with Crippen molar-refractivity contribution in [3.63, 3.8) is 0 Å². The third-order valence-electron chi connectivity index (χ3n) is 2.28. The van der Waals surface area contributed by atoms with Crippen molar-refractivity contribution in [2.24, 2.45) is 5.92 Å². The lowest BCUT2D eigenvalue weighted by Crippen LogP contribution is -2.17. The van der Waals surface area contributed by atoms with Gasteiger partial charge in [0.15, 0.2) is 0 Å². The van der Waals surface area contributed by atoms with E-state index in [1.807, 2.05) is 0 Å². The summed E-state index contributed by atoms with van der Waals surface area (Å²) in [4.78, 5) is 0. The van der Waals surface area contributed by atoms with Crippen LogP contribution in [0.3, 0.4) is 0 Å². The molecule has 6 heteroatoms. The van der Waals surface area contributed by atoms with E-state index in [-0.39, 0.29) is 18.3 Å². The van der Waals surface area contributed by atoms with Crippen molar-refractivity contribution in [2.75, 3.05) is 6.61 Å². The van der Waals surface area contributed by atoms with E-state index in [4.69, 9.17) is 5.11 Å². The number of ether oxygens (including phenoxy) is 1. The first-order valence-corrected chi connectivity index (χ1v) is 4.98. The van der Waals surface area contributed by atoms with Gasteiger partial charge in [0.25, 0.3) is 0 Å². The van der Waals surface area contributed by atoms with Gasteiger partial charge < -0.3 is 14.9 Å². The zero-order valence-corrected chi connectivity index (χ0v) is 9.11. The van der Waals surface area contributed by atoms with E-state index in [0.717, 1.165) is 12.1 Å². The van der Waals surface area contributed by atoms with Crippen LogP contribution >= 0.6 is 0 Å². The number of aliphatic hydroxyl groups excluding tert-OH is 2. The summed E-state index contributed by atoms with van der Waals surface area (Å²) in [5.41, 5.74) is 0.432. The predicted octanol–water partition coefficient (Wildman–Crippen LogP) is 2.25. The van der Waals surface area contributed by atoms with E-state index in [9.17, 15) is 18.3 Å². The molecule has 17 heavy (non-hydrogen) atoms. The highest BCUT2D eigenvalue weighted by Crippen LogP contribution is 2.26. The first-order valence-electron chi connectivity index (χ1n) is 4.98. The zero-order valence-electron chi connectivity index (χ0n) is 9.11. The summed E-state index contributed by atoms with van der Waals surface area (Å²) in [7, 11) is 0. The minimum absolute atomic E-state index is 0.206.